The van der Waals surface area contributed by atoms with E-state index >= 15 is 0 Å². The van der Waals surface area contributed by atoms with Crippen molar-refractivity contribution in [1.29, 1.82) is 0 Å². The van der Waals surface area contributed by atoms with Crippen molar-refractivity contribution in [2.75, 3.05) is 33.3 Å². The van der Waals surface area contributed by atoms with Gasteiger partial charge in [0.15, 0.2) is 0 Å². The first-order chi connectivity index (χ1) is 20.1. The molecule has 2 aliphatic rings. The number of benzene rings is 1. The van der Waals surface area contributed by atoms with Crippen LogP contribution in [0.5, 0.6) is 0 Å². The molecule has 3 rings (SSSR count). The van der Waals surface area contributed by atoms with E-state index in [1.807, 2.05) is 44.2 Å². The van der Waals surface area contributed by atoms with Gasteiger partial charge in [-0.15, -0.1) is 0 Å². The lowest BCUT2D eigenvalue weighted by Gasteiger charge is -2.28. The van der Waals surface area contributed by atoms with Crippen molar-refractivity contribution in [1.82, 2.24) is 26.2 Å². The van der Waals surface area contributed by atoms with Gasteiger partial charge in [0.2, 0.25) is 23.6 Å². The van der Waals surface area contributed by atoms with Crippen molar-refractivity contribution in [3.8, 4) is 0 Å². The molecule has 2 saturated heterocycles. The van der Waals surface area contributed by atoms with Gasteiger partial charge in [-0.05, 0) is 50.0 Å². The van der Waals surface area contributed by atoms with Crippen LogP contribution in [-0.4, -0.2) is 86.1 Å². The predicted octanol–water partition coefficient (Wildman–Crippen LogP) is 1.48. The minimum absolute atomic E-state index is 0.0551. The molecular weight excluding hydrogens is 542 g/mol. The molecule has 12 heteroatoms. The van der Waals surface area contributed by atoms with Gasteiger partial charge in [0.25, 0.3) is 0 Å². The second kappa shape index (κ2) is 16.7. The summed E-state index contributed by atoms with van der Waals surface area (Å²) in [5, 5.41) is 11.1. The summed E-state index contributed by atoms with van der Waals surface area (Å²) in [6.45, 7) is 5.73. The second-order valence-electron chi connectivity index (χ2n) is 11.4. The van der Waals surface area contributed by atoms with Crippen molar-refractivity contribution in [2.24, 2.45) is 11.8 Å². The van der Waals surface area contributed by atoms with E-state index in [-0.39, 0.29) is 36.7 Å². The molecule has 2 aliphatic heterocycles. The third kappa shape index (κ3) is 10.6. The number of nitrogens with zero attached hydrogens (tertiary/aromatic N) is 1. The highest BCUT2D eigenvalue weighted by molar-refractivity contribution is 5.92. The summed E-state index contributed by atoms with van der Waals surface area (Å²) in [4.78, 5) is 65.5. The minimum atomic E-state index is -0.963. The third-order valence-electron chi connectivity index (χ3n) is 7.39. The fraction of sp³-hybridized carbons (Fsp3) is 0.633. The number of alkyl carbamates (subject to hydrolysis) is 1. The average Bonchev–Trinajstić information content (AvgIpc) is 3.65. The van der Waals surface area contributed by atoms with Gasteiger partial charge in [-0.25, -0.2) is 4.79 Å². The van der Waals surface area contributed by atoms with Crippen LogP contribution in [-0.2, 0) is 35.3 Å². The zero-order valence-corrected chi connectivity index (χ0v) is 24.9. The van der Waals surface area contributed by atoms with Crippen molar-refractivity contribution < 1.29 is 33.4 Å². The Balaban J connectivity index is 1.58. The summed E-state index contributed by atoms with van der Waals surface area (Å²) in [7, 11) is 1.63. The van der Waals surface area contributed by atoms with Crippen LogP contribution in [0.1, 0.15) is 57.9 Å². The Labute approximate surface area is 247 Å². The van der Waals surface area contributed by atoms with Crippen LogP contribution < -0.4 is 21.3 Å². The molecule has 0 spiro atoms. The molecule has 0 bridgehead atoms. The van der Waals surface area contributed by atoms with Gasteiger partial charge in [0.05, 0.1) is 0 Å². The molecule has 2 fully saturated rings. The zero-order valence-electron chi connectivity index (χ0n) is 24.9. The number of hydrogen-bond acceptors (Lipinski definition) is 7. The fourth-order valence-electron chi connectivity index (χ4n) is 5.06. The first-order valence-electron chi connectivity index (χ1n) is 14.8. The number of nitrogens with one attached hydrogen (secondary N) is 4. The number of carbonyl (C=O) groups is 5. The van der Waals surface area contributed by atoms with Crippen LogP contribution in [0, 0.1) is 11.8 Å². The molecule has 42 heavy (non-hydrogen) atoms. The standard InChI is InChI=1S/C30H45N5O7/c1-20(2)17-23(34-30(40)42-19-21-9-5-4-6-10-21)27(37)33-24(18-22-12-14-32-26(22)36)29(39)35(3)15-8-13-31-28(38)25-11-7-16-41-25/h4-6,9-10,20,22-25H,7-8,11-19H2,1-3H3,(H,31,38)(H,32,36)(H,33,37)(H,34,40)/t22?,23-,24-,25?/m1/s1. The molecule has 0 radical (unpaired) electrons. The molecule has 4 atom stereocenters. The van der Waals surface area contributed by atoms with Gasteiger partial charge in [0.1, 0.15) is 24.8 Å². The lowest BCUT2D eigenvalue weighted by Crippen LogP contribution is -2.55. The van der Waals surface area contributed by atoms with Crippen LogP contribution in [0.25, 0.3) is 0 Å². The normalized spacial score (nSPS) is 19.5. The zero-order chi connectivity index (χ0) is 30.5. The smallest absolute Gasteiger partial charge is 0.408 e. The number of ether oxygens (including phenoxy) is 2. The van der Waals surface area contributed by atoms with E-state index < -0.39 is 36.1 Å². The Morgan fingerprint density at radius 3 is 2.50 bits per heavy atom. The van der Waals surface area contributed by atoms with Gasteiger partial charge in [0, 0.05) is 39.2 Å². The third-order valence-corrected chi connectivity index (χ3v) is 7.39. The maximum Gasteiger partial charge on any atom is 0.408 e. The Bertz CT molecular complexity index is 1060. The highest BCUT2D eigenvalue weighted by Crippen LogP contribution is 2.18. The summed E-state index contributed by atoms with van der Waals surface area (Å²) >= 11 is 0. The molecule has 2 unspecified atom stereocenters. The largest absolute Gasteiger partial charge is 0.445 e. The van der Waals surface area contributed by atoms with Gasteiger partial charge in [-0.2, -0.15) is 0 Å². The number of likely N-dealkylation sites (N-methyl/N-ethyl adjacent to an activating group) is 1. The van der Waals surface area contributed by atoms with Crippen molar-refractivity contribution in [3.63, 3.8) is 0 Å². The molecule has 2 heterocycles. The fourth-order valence-corrected chi connectivity index (χ4v) is 5.06. The molecule has 0 aromatic heterocycles. The van der Waals surface area contributed by atoms with Gasteiger partial charge in [-0.3, -0.25) is 19.2 Å². The highest BCUT2D eigenvalue weighted by Gasteiger charge is 2.34. The first-order valence-corrected chi connectivity index (χ1v) is 14.8. The predicted molar refractivity (Wildman–Crippen MR) is 155 cm³/mol. The maximum absolute atomic E-state index is 13.5. The summed E-state index contributed by atoms with van der Waals surface area (Å²) in [5.74, 6) is -1.51. The molecule has 4 N–H and O–H groups in total. The van der Waals surface area contributed by atoms with E-state index in [4.69, 9.17) is 9.47 Å². The Kier molecular flexibility index (Phi) is 13.1. The quantitative estimate of drug-likeness (QED) is 0.227. The van der Waals surface area contributed by atoms with Crippen molar-refractivity contribution in [2.45, 2.75) is 77.2 Å². The topological polar surface area (TPSA) is 155 Å². The average molecular weight is 588 g/mol. The molecule has 1 aromatic carbocycles. The van der Waals surface area contributed by atoms with E-state index in [2.05, 4.69) is 21.3 Å². The summed E-state index contributed by atoms with van der Waals surface area (Å²) in [5.41, 5.74) is 0.812. The van der Waals surface area contributed by atoms with E-state index in [9.17, 15) is 24.0 Å². The van der Waals surface area contributed by atoms with Gasteiger partial charge in [-0.1, -0.05) is 44.2 Å². The van der Waals surface area contributed by atoms with Gasteiger partial charge < -0.3 is 35.6 Å². The molecule has 0 saturated carbocycles. The lowest BCUT2D eigenvalue weighted by atomic mass is 9.96. The molecule has 12 nitrogen and oxygen atoms in total. The SMILES string of the molecule is CC(C)C[C@@H](NC(=O)OCc1ccccc1)C(=O)N[C@H](CC1CCNC1=O)C(=O)N(C)CCCNC(=O)C1CCCO1. The molecule has 1 aromatic rings. The second-order valence-corrected chi connectivity index (χ2v) is 11.4. The van der Waals surface area contributed by atoms with Crippen LogP contribution in [0.4, 0.5) is 4.79 Å². The summed E-state index contributed by atoms with van der Waals surface area (Å²) in [6, 6.07) is 7.30. The number of carbonyl (C=O) groups excluding carboxylic acids is 5. The summed E-state index contributed by atoms with van der Waals surface area (Å²) < 4.78 is 10.7. The first kappa shape index (κ1) is 32.8. The Morgan fingerprint density at radius 1 is 1.10 bits per heavy atom. The van der Waals surface area contributed by atoms with E-state index in [1.54, 1.807) is 7.05 Å². The van der Waals surface area contributed by atoms with Crippen LogP contribution >= 0.6 is 0 Å². The molecular formula is C30H45N5O7. The van der Waals surface area contributed by atoms with E-state index in [0.29, 0.717) is 51.9 Å². The number of rotatable bonds is 15. The lowest BCUT2D eigenvalue weighted by molar-refractivity contribution is -0.137. The Hall–Kier alpha value is -3.67. The minimum Gasteiger partial charge on any atom is -0.445 e. The van der Waals surface area contributed by atoms with Crippen LogP contribution in [0.3, 0.4) is 0 Å². The Morgan fingerprint density at radius 2 is 1.86 bits per heavy atom. The van der Waals surface area contributed by atoms with E-state index in [1.165, 1.54) is 4.90 Å². The summed E-state index contributed by atoms with van der Waals surface area (Å²) in [6.07, 6.45) is 1.97. The number of amides is 5. The molecule has 232 valence electrons. The van der Waals surface area contributed by atoms with Crippen LogP contribution in [0.15, 0.2) is 30.3 Å². The van der Waals surface area contributed by atoms with Gasteiger partial charge >= 0.3 is 6.09 Å². The van der Waals surface area contributed by atoms with Crippen LogP contribution in [0.2, 0.25) is 0 Å². The van der Waals surface area contributed by atoms with Crippen molar-refractivity contribution >= 4 is 29.7 Å². The monoisotopic (exact) mass is 587 g/mol. The van der Waals surface area contributed by atoms with E-state index in [0.717, 1.165) is 12.0 Å². The number of hydrogen-bond donors (Lipinski definition) is 4. The molecule has 5 amide bonds. The maximum atomic E-state index is 13.5. The van der Waals surface area contributed by atoms with Crippen molar-refractivity contribution in [3.05, 3.63) is 35.9 Å². The highest BCUT2D eigenvalue weighted by atomic mass is 16.5. The molecule has 0 aliphatic carbocycles.